The average molecular weight is 381 g/mol. The molecule has 0 saturated carbocycles. The zero-order chi connectivity index (χ0) is 19.5. The predicted octanol–water partition coefficient (Wildman–Crippen LogP) is 2.52. The normalized spacial score (nSPS) is 10.9. The predicted molar refractivity (Wildman–Crippen MR) is 95.0 cm³/mol. The van der Waals surface area contributed by atoms with Gasteiger partial charge in [-0.1, -0.05) is 12.1 Å². The second kappa shape index (κ2) is 7.52. The smallest absolute Gasteiger partial charge is 0.338 e. The van der Waals surface area contributed by atoms with Crippen molar-refractivity contribution in [3.05, 3.63) is 41.5 Å². The molecule has 0 aliphatic rings. The van der Waals surface area contributed by atoms with E-state index in [2.05, 4.69) is 4.72 Å². The number of aromatic carboxylic acids is 1. The lowest BCUT2D eigenvalue weighted by Crippen LogP contribution is -2.17. The molecule has 0 aliphatic heterocycles. The number of benzene rings is 2. The zero-order valence-electron chi connectivity index (χ0n) is 14.7. The maximum atomic E-state index is 12.7. The number of nitrogens with one attached hydrogen (secondary N) is 1. The summed E-state index contributed by atoms with van der Waals surface area (Å²) in [6, 6.07) is 7.38. The van der Waals surface area contributed by atoms with Crippen LogP contribution in [0.2, 0.25) is 0 Å². The van der Waals surface area contributed by atoms with Crippen LogP contribution >= 0.6 is 0 Å². The minimum Gasteiger partial charge on any atom is -0.493 e. The van der Waals surface area contributed by atoms with Crippen LogP contribution in [-0.4, -0.2) is 40.8 Å². The molecule has 0 spiro atoms. The summed E-state index contributed by atoms with van der Waals surface area (Å²) in [5.74, 6) is -1.28. The number of hydrogen-bond donors (Lipinski definition) is 2. The average Bonchev–Trinajstić information content (AvgIpc) is 2.60. The van der Waals surface area contributed by atoms with E-state index in [0.717, 1.165) is 11.6 Å². The molecular formula is C17H19NO7S. The lowest BCUT2D eigenvalue weighted by Gasteiger charge is -2.19. The van der Waals surface area contributed by atoms with E-state index in [9.17, 15) is 18.3 Å². The zero-order valence-corrected chi connectivity index (χ0v) is 15.5. The van der Waals surface area contributed by atoms with E-state index in [1.54, 1.807) is 19.1 Å². The standard InChI is InChI=1S/C17H19NO7S/c1-10-6-5-7-11(8-10)26(21,22)18-14-12(17(19)20)9-13(23-2)15(24-3)16(14)25-4/h5-9,18H,1-4H3,(H,19,20). The molecule has 0 fully saturated rings. The van der Waals surface area contributed by atoms with Gasteiger partial charge in [0, 0.05) is 6.07 Å². The molecule has 0 bridgehead atoms. The molecule has 0 saturated heterocycles. The Labute approximate surface area is 151 Å². The summed E-state index contributed by atoms with van der Waals surface area (Å²) >= 11 is 0. The molecule has 2 N–H and O–H groups in total. The van der Waals surface area contributed by atoms with Crippen LogP contribution in [0.3, 0.4) is 0 Å². The van der Waals surface area contributed by atoms with E-state index < -0.39 is 16.0 Å². The SMILES string of the molecule is COc1cc(C(=O)O)c(NS(=O)(=O)c2cccc(C)c2)c(OC)c1OC. The molecular weight excluding hydrogens is 362 g/mol. The molecule has 0 radical (unpaired) electrons. The van der Waals surface area contributed by atoms with Gasteiger partial charge >= 0.3 is 5.97 Å². The Morgan fingerprint density at radius 2 is 1.69 bits per heavy atom. The molecule has 0 aromatic heterocycles. The Morgan fingerprint density at radius 1 is 1.04 bits per heavy atom. The van der Waals surface area contributed by atoms with Crippen LogP contribution in [0, 0.1) is 6.92 Å². The van der Waals surface area contributed by atoms with Gasteiger partial charge in [0.25, 0.3) is 10.0 Å². The second-order valence-corrected chi connectivity index (χ2v) is 6.98. The van der Waals surface area contributed by atoms with Crippen LogP contribution in [0.4, 0.5) is 5.69 Å². The fourth-order valence-electron chi connectivity index (χ4n) is 2.40. The summed E-state index contributed by atoms with van der Waals surface area (Å²) in [4.78, 5) is 11.6. The lowest BCUT2D eigenvalue weighted by atomic mass is 10.1. The van der Waals surface area contributed by atoms with E-state index in [-0.39, 0.29) is 33.4 Å². The van der Waals surface area contributed by atoms with Gasteiger partial charge in [0.15, 0.2) is 11.5 Å². The van der Waals surface area contributed by atoms with Gasteiger partial charge in [0.2, 0.25) is 5.75 Å². The van der Waals surface area contributed by atoms with Crippen molar-refractivity contribution in [2.24, 2.45) is 0 Å². The number of rotatable bonds is 7. The Bertz CT molecular complexity index is 938. The van der Waals surface area contributed by atoms with Gasteiger partial charge < -0.3 is 19.3 Å². The quantitative estimate of drug-likeness (QED) is 0.758. The van der Waals surface area contributed by atoms with Crippen LogP contribution < -0.4 is 18.9 Å². The summed E-state index contributed by atoms with van der Waals surface area (Å²) < 4.78 is 43.2. The summed E-state index contributed by atoms with van der Waals surface area (Å²) in [7, 11) is -0.122. The van der Waals surface area contributed by atoms with Gasteiger partial charge in [0.1, 0.15) is 5.69 Å². The summed E-state index contributed by atoms with van der Waals surface area (Å²) in [5, 5.41) is 9.49. The maximum Gasteiger partial charge on any atom is 0.338 e. The number of anilines is 1. The van der Waals surface area contributed by atoms with Crippen molar-refractivity contribution in [1.82, 2.24) is 0 Å². The molecule has 9 heteroatoms. The van der Waals surface area contributed by atoms with Gasteiger partial charge in [-0.25, -0.2) is 13.2 Å². The molecule has 26 heavy (non-hydrogen) atoms. The fourth-order valence-corrected chi connectivity index (χ4v) is 3.59. The first kappa shape index (κ1) is 19.4. The number of carbonyl (C=O) groups is 1. The third-order valence-corrected chi connectivity index (χ3v) is 4.94. The van der Waals surface area contributed by atoms with Gasteiger partial charge in [-0.3, -0.25) is 4.72 Å². The number of ether oxygens (including phenoxy) is 3. The second-order valence-electron chi connectivity index (χ2n) is 5.30. The van der Waals surface area contributed by atoms with Crippen molar-refractivity contribution in [1.29, 1.82) is 0 Å². The molecule has 2 rings (SSSR count). The van der Waals surface area contributed by atoms with E-state index in [0.29, 0.717) is 0 Å². The highest BCUT2D eigenvalue weighted by atomic mass is 32.2. The molecule has 0 heterocycles. The third kappa shape index (κ3) is 3.67. The van der Waals surface area contributed by atoms with Gasteiger partial charge in [-0.15, -0.1) is 0 Å². The Balaban J connectivity index is 2.69. The molecule has 0 atom stereocenters. The van der Waals surface area contributed by atoms with Crippen molar-refractivity contribution < 1.29 is 32.5 Å². The van der Waals surface area contributed by atoms with Crippen LogP contribution in [-0.2, 0) is 10.0 Å². The molecule has 2 aromatic carbocycles. The highest BCUT2D eigenvalue weighted by Crippen LogP contribution is 2.45. The Morgan fingerprint density at radius 3 is 2.19 bits per heavy atom. The molecule has 0 amide bonds. The highest BCUT2D eigenvalue weighted by Gasteiger charge is 2.27. The van der Waals surface area contributed by atoms with Crippen LogP contribution in [0.5, 0.6) is 17.2 Å². The van der Waals surface area contributed by atoms with Gasteiger partial charge in [0.05, 0.1) is 31.8 Å². The number of carboxylic acids is 1. The third-order valence-electron chi connectivity index (χ3n) is 3.60. The number of methoxy groups -OCH3 is 3. The highest BCUT2D eigenvalue weighted by molar-refractivity contribution is 7.92. The van der Waals surface area contributed by atoms with Crippen LogP contribution in [0.25, 0.3) is 0 Å². The van der Waals surface area contributed by atoms with Gasteiger partial charge in [-0.2, -0.15) is 0 Å². The monoisotopic (exact) mass is 381 g/mol. The Kier molecular flexibility index (Phi) is 5.61. The largest absolute Gasteiger partial charge is 0.493 e. The van der Waals surface area contributed by atoms with Crippen molar-refractivity contribution >= 4 is 21.7 Å². The minimum absolute atomic E-state index is 0.00863. The fraction of sp³-hybridized carbons (Fsp3) is 0.235. The van der Waals surface area contributed by atoms with Crippen molar-refractivity contribution in [2.75, 3.05) is 26.1 Å². The molecule has 140 valence electrons. The Hall–Kier alpha value is -2.94. The number of carboxylic acid groups (broad SMARTS) is 1. The van der Waals surface area contributed by atoms with Crippen molar-refractivity contribution in [3.63, 3.8) is 0 Å². The van der Waals surface area contributed by atoms with Crippen LogP contribution in [0.1, 0.15) is 15.9 Å². The van der Waals surface area contributed by atoms with E-state index >= 15 is 0 Å². The van der Waals surface area contributed by atoms with E-state index in [1.165, 1.54) is 33.5 Å². The topological polar surface area (TPSA) is 111 Å². The molecule has 8 nitrogen and oxygen atoms in total. The molecule has 2 aromatic rings. The minimum atomic E-state index is -4.06. The molecule has 0 unspecified atom stereocenters. The summed E-state index contributed by atoms with van der Waals surface area (Å²) in [6.45, 7) is 1.75. The number of aryl methyl sites for hydroxylation is 1. The summed E-state index contributed by atoms with van der Waals surface area (Å²) in [5.41, 5.74) is 0.153. The van der Waals surface area contributed by atoms with Crippen molar-refractivity contribution in [2.45, 2.75) is 11.8 Å². The van der Waals surface area contributed by atoms with E-state index in [1.807, 2.05) is 0 Å². The molecule has 0 aliphatic carbocycles. The first-order valence-corrected chi connectivity index (χ1v) is 8.89. The number of sulfonamides is 1. The van der Waals surface area contributed by atoms with Crippen LogP contribution in [0.15, 0.2) is 35.2 Å². The first-order valence-electron chi connectivity index (χ1n) is 7.41. The lowest BCUT2D eigenvalue weighted by molar-refractivity contribution is 0.0697. The van der Waals surface area contributed by atoms with Crippen molar-refractivity contribution in [3.8, 4) is 17.2 Å². The number of hydrogen-bond acceptors (Lipinski definition) is 6. The maximum absolute atomic E-state index is 12.7. The first-order chi connectivity index (χ1) is 12.2. The van der Waals surface area contributed by atoms with E-state index in [4.69, 9.17) is 14.2 Å². The van der Waals surface area contributed by atoms with Gasteiger partial charge in [-0.05, 0) is 24.6 Å². The summed E-state index contributed by atoms with van der Waals surface area (Å²) in [6.07, 6.45) is 0.